The lowest BCUT2D eigenvalue weighted by atomic mass is 10.1. The largest absolute Gasteiger partial charge is 0.304 e. The fourth-order valence-electron chi connectivity index (χ4n) is 2.60. The molecular formula is C17H26N4. The molecule has 0 amide bonds. The van der Waals surface area contributed by atoms with Crippen molar-refractivity contribution in [1.82, 2.24) is 15.3 Å². The van der Waals surface area contributed by atoms with Crippen molar-refractivity contribution in [3.63, 3.8) is 0 Å². The molecule has 0 radical (unpaired) electrons. The Labute approximate surface area is 127 Å². The number of rotatable bonds is 8. The van der Waals surface area contributed by atoms with E-state index < -0.39 is 0 Å². The smallest absolute Gasteiger partial charge is 0.0705 e. The van der Waals surface area contributed by atoms with Gasteiger partial charge in [0.1, 0.15) is 0 Å². The first-order valence-electron chi connectivity index (χ1n) is 7.80. The second-order valence-corrected chi connectivity index (χ2v) is 5.38. The third kappa shape index (κ3) is 4.49. The summed E-state index contributed by atoms with van der Waals surface area (Å²) in [7, 11) is 0. The minimum atomic E-state index is 0.263. The lowest BCUT2D eigenvalue weighted by Crippen LogP contribution is -2.40. The van der Waals surface area contributed by atoms with Crippen LogP contribution in [0, 0.1) is 0 Å². The van der Waals surface area contributed by atoms with Crippen LogP contribution in [0.15, 0.2) is 36.4 Å². The molecule has 1 aromatic heterocycles. The van der Waals surface area contributed by atoms with Gasteiger partial charge < -0.3 is 4.90 Å². The maximum atomic E-state index is 5.71. The van der Waals surface area contributed by atoms with Gasteiger partial charge in [-0.15, -0.1) is 0 Å². The Bertz CT molecular complexity index is 551. The number of para-hydroxylation sites is 1. The molecule has 2 aromatic rings. The summed E-state index contributed by atoms with van der Waals surface area (Å²) in [5, 5.41) is 1.18. The first kappa shape index (κ1) is 15.9. The zero-order chi connectivity index (χ0) is 15.1. The molecule has 0 saturated carbocycles. The van der Waals surface area contributed by atoms with Crippen LogP contribution < -0.4 is 11.3 Å². The van der Waals surface area contributed by atoms with Gasteiger partial charge in [-0.25, -0.2) is 0 Å². The standard InChI is InChI=1S/C17H26N4/c1-3-21(4-2)12-11-16(20-18)13-15-10-9-14-7-5-6-8-17(14)19-15/h5-10,16,20H,3-4,11-13,18H2,1-2H3. The number of fused-ring (bicyclic) bond motifs is 1. The van der Waals surface area contributed by atoms with Crippen LogP contribution in [0.2, 0.25) is 0 Å². The molecular weight excluding hydrogens is 260 g/mol. The van der Waals surface area contributed by atoms with E-state index >= 15 is 0 Å². The lowest BCUT2D eigenvalue weighted by molar-refractivity contribution is 0.280. The van der Waals surface area contributed by atoms with E-state index in [0.29, 0.717) is 0 Å². The quantitative estimate of drug-likeness (QED) is 0.578. The van der Waals surface area contributed by atoms with Gasteiger partial charge in [0.2, 0.25) is 0 Å². The number of nitrogens with one attached hydrogen (secondary N) is 1. The van der Waals surface area contributed by atoms with Crippen molar-refractivity contribution in [2.75, 3.05) is 19.6 Å². The van der Waals surface area contributed by atoms with Gasteiger partial charge in [0.15, 0.2) is 0 Å². The Kier molecular flexibility index (Phi) is 6.11. The minimum absolute atomic E-state index is 0.263. The Morgan fingerprint density at radius 1 is 1.14 bits per heavy atom. The topological polar surface area (TPSA) is 54.2 Å². The van der Waals surface area contributed by atoms with E-state index in [0.717, 1.165) is 43.7 Å². The Morgan fingerprint density at radius 3 is 2.62 bits per heavy atom. The molecule has 0 aliphatic carbocycles. The van der Waals surface area contributed by atoms with Crippen molar-refractivity contribution in [2.24, 2.45) is 5.84 Å². The first-order valence-corrected chi connectivity index (χ1v) is 7.80. The summed E-state index contributed by atoms with van der Waals surface area (Å²) in [6.45, 7) is 7.62. The van der Waals surface area contributed by atoms with E-state index in [1.807, 2.05) is 12.1 Å². The van der Waals surface area contributed by atoms with Crippen LogP contribution in [0.25, 0.3) is 10.9 Å². The predicted molar refractivity (Wildman–Crippen MR) is 89.0 cm³/mol. The van der Waals surface area contributed by atoms with Crippen molar-refractivity contribution >= 4 is 10.9 Å². The number of nitrogens with two attached hydrogens (primary N) is 1. The van der Waals surface area contributed by atoms with Gasteiger partial charge in [-0.3, -0.25) is 16.3 Å². The number of hydrazine groups is 1. The van der Waals surface area contributed by atoms with Crippen molar-refractivity contribution in [3.8, 4) is 0 Å². The average Bonchev–Trinajstić information content (AvgIpc) is 2.54. The predicted octanol–water partition coefficient (Wildman–Crippen LogP) is 2.34. The third-order valence-corrected chi connectivity index (χ3v) is 4.04. The zero-order valence-corrected chi connectivity index (χ0v) is 13.0. The highest BCUT2D eigenvalue weighted by Crippen LogP contribution is 2.13. The molecule has 0 aliphatic rings. The molecule has 4 heteroatoms. The van der Waals surface area contributed by atoms with Gasteiger partial charge in [0, 0.05) is 23.5 Å². The van der Waals surface area contributed by atoms with E-state index in [4.69, 9.17) is 10.8 Å². The van der Waals surface area contributed by atoms with Gasteiger partial charge in [0.05, 0.1) is 5.52 Å². The second-order valence-electron chi connectivity index (χ2n) is 5.38. The molecule has 0 spiro atoms. The highest BCUT2D eigenvalue weighted by Gasteiger charge is 2.11. The van der Waals surface area contributed by atoms with E-state index in [9.17, 15) is 0 Å². The monoisotopic (exact) mass is 286 g/mol. The molecule has 1 aromatic carbocycles. The van der Waals surface area contributed by atoms with Crippen LogP contribution in [0.3, 0.4) is 0 Å². The van der Waals surface area contributed by atoms with Crippen molar-refractivity contribution < 1.29 is 0 Å². The molecule has 1 heterocycles. The van der Waals surface area contributed by atoms with E-state index in [2.05, 4.69) is 48.4 Å². The summed E-state index contributed by atoms with van der Waals surface area (Å²) in [6, 6.07) is 12.7. The van der Waals surface area contributed by atoms with Crippen LogP contribution in [0.1, 0.15) is 26.0 Å². The van der Waals surface area contributed by atoms with Crippen molar-refractivity contribution in [3.05, 3.63) is 42.1 Å². The molecule has 1 unspecified atom stereocenters. The van der Waals surface area contributed by atoms with Crippen LogP contribution in [0.5, 0.6) is 0 Å². The highest BCUT2D eigenvalue weighted by atomic mass is 15.2. The summed E-state index contributed by atoms with van der Waals surface area (Å²) >= 11 is 0. The third-order valence-electron chi connectivity index (χ3n) is 4.04. The summed E-state index contributed by atoms with van der Waals surface area (Å²) in [5.41, 5.74) is 5.08. The SMILES string of the molecule is CCN(CC)CCC(Cc1ccc2ccccc2n1)NN. The number of hydrogen-bond acceptors (Lipinski definition) is 4. The van der Waals surface area contributed by atoms with Crippen LogP contribution in [-0.2, 0) is 6.42 Å². The van der Waals surface area contributed by atoms with Crippen LogP contribution in [-0.4, -0.2) is 35.6 Å². The molecule has 0 fully saturated rings. The van der Waals surface area contributed by atoms with Gasteiger partial charge in [-0.05, 0) is 38.2 Å². The molecule has 2 rings (SSSR count). The number of nitrogens with zero attached hydrogens (tertiary/aromatic N) is 2. The van der Waals surface area contributed by atoms with Crippen LogP contribution >= 0.6 is 0 Å². The molecule has 4 nitrogen and oxygen atoms in total. The van der Waals surface area contributed by atoms with Gasteiger partial charge in [-0.1, -0.05) is 38.1 Å². The fraction of sp³-hybridized carbons (Fsp3) is 0.471. The van der Waals surface area contributed by atoms with E-state index in [1.165, 1.54) is 5.39 Å². The van der Waals surface area contributed by atoms with Gasteiger partial charge >= 0.3 is 0 Å². The first-order chi connectivity index (χ1) is 10.3. The number of pyridine rings is 1. The molecule has 1 atom stereocenters. The molecule has 3 N–H and O–H groups in total. The zero-order valence-electron chi connectivity index (χ0n) is 13.0. The van der Waals surface area contributed by atoms with Gasteiger partial charge in [0.25, 0.3) is 0 Å². The summed E-state index contributed by atoms with van der Waals surface area (Å²) in [4.78, 5) is 7.14. The highest BCUT2D eigenvalue weighted by molar-refractivity contribution is 5.78. The Morgan fingerprint density at radius 2 is 1.90 bits per heavy atom. The number of hydrogen-bond donors (Lipinski definition) is 2. The molecule has 114 valence electrons. The fourth-order valence-corrected chi connectivity index (χ4v) is 2.60. The molecule has 0 saturated heterocycles. The van der Waals surface area contributed by atoms with Crippen LogP contribution in [0.4, 0.5) is 0 Å². The Hall–Kier alpha value is -1.49. The average molecular weight is 286 g/mol. The summed E-state index contributed by atoms with van der Waals surface area (Å²) in [6.07, 6.45) is 1.90. The summed E-state index contributed by atoms with van der Waals surface area (Å²) in [5.74, 6) is 5.71. The minimum Gasteiger partial charge on any atom is -0.304 e. The van der Waals surface area contributed by atoms with E-state index in [-0.39, 0.29) is 6.04 Å². The number of aromatic nitrogens is 1. The van der Waals surface area contributed by atoms with Gasteiger partial charge in [-0.2, -0.15) is 0 Å². The molecule has 0 aliphatic heterocycles. The summed E-state index contributed by atoms with van der Waals surface area (Å²) < 4.78 is 0. The molecule has 21 heavy (non-hydrogen) atoms. The lowest BCUT2D eigenvalue weighted by Gasteiger charge is -2.22. The van der Waals surface area contributed by atoms with E-state index in [1.54, 1.807) is 0 Å². The molecule has 0 bridgehead atoms. The maximum absolute atomic E-state index is 5.71. The second kappa shape index (κ2) is 8.08. The van der Waals surface area contributed by atoms with Crippen molar-refractivity contribution in [2.45, 2.75) is 32.7 Å². The van der Waals surface area contributed by atoms with Crippen molar-refractivity contribution in [1.29, 1.82) is 0 Å². The normalized spacial score (nSPS) is 13.0. The maximum Gasteiger partial charge on any atom is 0.0705 e. The number of benzene rings is 1. The Balaban J connectivity index is 1.99.